The maximum atomic E-state index is 9.56. The average Bonchev–Trinajstić information content (AvgIpc) is 2.47. The van der Waals surface area contributed by atoms with Gasteiger partial charge in [0.05, 0.1) is 6.61 Å². The number of benzene rings is 2. The van der Waals surface area contributed by atoms with E-state index in [0.29, 0.717) is 31.3 Å². The summed E-state index contributed by atoms with van der Waals surface area (Å²) in [5.41, 5.74) is 0. The van der Waals surface area contributed by atoms with Crippen LogP contribution in [0.25, 0.3) is 0 Å². The van der Waals surface area contributed by atoms with E-state index in [4.69, 9.17) is 14.2 Å². The molecule has 106 valence electrons. The molecule has 0 unspecified atom stereocenters. The van der Waals surface area contributed by atoms with Crippen LogP contribution in [0.15, 0.2) is 48.5 Å². The lowest BCUT2D eigenvalue weighted by Gasteiger charge is -2.12. The molecule has 0 radical (unpaired) electrons. The average molecular weight is 274 g/mol. The summed E-state index contributed by atoms with van der Waals surface area (Å²) in [5, 5.41) is 9.56. The number of phenolic OH excluding ortho intramolecular Hbond substituents is 1. The summed E-state index contributed by atoms with van der Waals surface area (Å²) in [6.07, 6.45) is 0. The van der Waals surface area contributed by atoms with Gasteiger partial charge in [0.1, 0.15) is 13.2 Å². The Bertz CT molecular complexity index is 540. The Hall–Kier alpha value is -2.36. The number of para-hydroxylation sites is 4. The van der Waals surface area contributed by atoms with Gasteiger partial charge in [-0.25, -0.2) is 0 Å². The zero-order valence-electron chi connectivity index (χ0n) is 11.4. The van der Waals surface area contributed by atoms with Crippen molar-refractivity contribution in [1.29, 1.82) is 0 Å². The molecule has 0 aliphatic carbocycles. The Labute approximate surface area is 118 Å². The van der Waals surface area contributed by atoms with Crippen molar-refractivity contribution in [3.63, 3.8) is 0 Å². The molecule has 2 rings (SSSR count). The minimum Gasteiger partial charge on any atom is -0.504 e. The summed E-state index contributed by atoms with van der Waals surface area (Å²) in [7, 11) is 0. The molecule has 0 aliphatic heterocycles. The number of rotatable bonds is 7. The normalized spacial score (nSPS) is 10.1. The lowest BCUT2D eigenvalue weighted by molar-refractivity contribution is 0.204. The van der Waals surface area contributed by atoms with E-state index in [1.807, 2.05) is 31.2 Å². The summed E-state index contributed by atoms with van der Waals surface area (Å²) >= 11 is 0. The summed E-state index contributed by atoms with van der Waals surface area (Å²) in [5.74, 6) is 1.99. The van der Waals surface area contributed by atoms with E-state index in [1.165, 1.54) is 0 Å². The maximum Gasteiger partial charge on any atom is 0.161 e. The number of ether oxygens (including phenoxy) is 3. The van der Waals surface area contributed by atoms with Gasteiger partial charge in [-0.2, -0.15) is 0 Å². The van der Waals surface area contributed by atoms with Crippen LogP contribution in [0.4, 0.5) is 0 Å². The van der Waals surface area contributed by atoms with Crippen LogP contribution in [0.3, 0.4) is 0 Å². The van der Waals surface area contributed by atoms with Crippen LogP contribution in [0.1, 0.15) is 6.92 Å². The third-order valence-corrected chi connectivity index (χ3v) is 2.61. The Morgan fingerprint density at radius 2 is 1.25 bits per heavy atom. The van der Waals surface area contributed by atoms with Crippen molar-refractivity contribution >= 4 is 0 Å². The van der Waals surface area contributed by atoms with E-state index in [9.17, 15) is 5.11 Å². The van der Waals surface area contributed by atoms with Crippen molar-refractivity contribution in [3.05, 3.63) is 48.5 Å². The first-order valence-corrected chi connectivity index (χ1v) is 6.56. The van der Waals surface area contributed by atoms with Gasteiger partial charge in [0.2, 0.25) is 0 Å². The molecular formula is C16H18O4. The van der Waals surface area contributed by atoms with E-state index >= 15 is 0 Å². The molecular weight excluding hydrogens is 256 g/mol. The van der Waals surface area contributed by atoms with E-state index in [-0.39, 0.29) is 5.75 Å². The van der Waals surface area contributed by atoms with Crippen LogP contribution >= 0.6 is 0 Å². The fraction of sp³-hybridized carbons (Fsp3) is 0.250. The topological polar surface area (TPSA) is 47.9 Å². The second kappa shape index (κ2) is 7.28. The van der Waals surface area contributed by atoms with E-state index in [2.05, 4.69) is 0 Å². The molecule has 0 saturated heterocycles. The number of hydrogen-bond acceptors (Lipinski definition) is 4. The van der Waals surface area contributed by atoms with Crippen molar-refractivity contribution in [2.75, 3.05) is 19.8 Å². The molecule has 2 aromatic carbocycles. The van der Waals surface area contributed by atoms with E-state index in [1.54, 1.807) is 24.3 Å². The highest BCUT2D eigenvalue weighted by Crippen LogP contribution is 2.27. The monoisotopic (exact) mass is 274 g/mol. The third kappa shape index (κ3) is 3.82. The summed E-state index contributed by atoms with van der Waals surface area (Å²) in [6, 6.07) is 14.4. The fourth-order valence-corrected chi connectivity index (χ4v) is 1.73. The molecule has 0 aliphatic rings. The molecule has 0 amide bonds. The predicted octanol–water partition coefficient (Wildman–Crippen LogP) is 3.25. The zero-order valence-corrected chi connectivity index (χ0v) is 11.4. The first kappa shape index (κ1) is 14.1. The van der Waals surface area contributed by atoms with Crippen molar-refractivity contribution in [3.8, 4) is 23.0 Å². The van der Waals surface area contributed by atoms with Gasteiger partial charge in [-0.15, -0.1) is 0 Å². The summed E-state index contributed by atoms with van der Waals surface area (Å²) < 4.78 is 16.5. The molecule has 0 bridgehead atoms. The molecule has 2 aromatic rings. The van der Waals surface area contributed by atoms with Gasteiger partial charge >= 0.3 is 0 Å². The maximum absolute atomic E-state index is 9.56. The van der Waals surface area contributed by atoms with Crippen molar-refractivity contribution in [1.82, 2.24) is 0 Å². The quantitative estimate of drug-likeness (QED) is 0.787. The zero-order chi connectivity index (χ0) is 14.2. The SMILES string of the molecule is CCOc1ccccc1OCCOc1ccccc1O. The van der Waals surface area contributed by atoms with Crippen molar-refractivity contribution in [2.45, 2.75) is 6.92 Å². The molecule has 1 N–H and O–H groups in total. The lowest BCUT2D eigenvalue weighted by atomic mass is 10.3. The van der Waals surface area contributed by atoms with Gasteiger partial charge < -0.3 is 19.3 Å². The second-order valence-electron chi connectivity index (χ2n) is 4.04. The number of aromatic hydroxyl groups is 1. The molecule has 0 fully saturated rings. The van der Waals surface area contributed by atoms with Crippen LogP contribution < -0.4 is 14.2 Å². The van der Waals surface area contributed by atoms with Gasteiger partial charge in [0.15, 0.2) is 23.0 Å². The first-order chi connectivity index (χ1) is 9.81. The highest BCUT2D eigenvalue weighted by atomic mass is 16.5. The molecule has 4 nitrogen and oxygen atoms in total. The minimum absolute atomic E-state index is 0.127. The van der Waals surface area contributed by atoms with Gasteiger partial charge in [-0.05, 0) is 31.2 Å². The van der Waals surface area contributed by atoms with Gasteiger partial charge in [-0.3, -0.25) is 0 Å². The fourth-order valence-electron chi connectivity index (χ4n) is 1.73. The molecule has 4 heteroatoms. The van der Waals surface area contributed by atoms with Crippen LogP contribution in [-0.2, 0) is 0 Å². The standard InChI is InChI=1S/C16H18O4/c1-2-18-15-9-5-6-10-16(15)20-12-11-19-14-8-4-3-7-13(14)17/h3-10,17H,2,11-12H2,1H3. The van der Waals surface area contributed by atoms with Gasteiger partial charge in [0, 0.05) is 0 Å². The molecule has 0 aromatic heterocycles. The molecule has 0 atom stereocenters. The lowest BCUT2D eigenvalue weighted by Crippen LogP contribution is -2.09. The Morgan fingerprint density at radius 1 is 0.750 bits per heavy atom. The van der Waals surface area contributed by atoms with E-state index < -0.39 is 0 Å². The Balaban J connectivity index is 1.83. The summed E-state index contributed by atoms with van der Waals surface area (Å²) in [6.45, 7) is 3.24. The highest BCUT2D eigenvalue weighted by Gasteiger charge is 2.04. The molecule has 0 saturated carbocycles. The molecule has 20 heavy (non-hydrogen) atoms. The van der Waals surface area contributed by atoms with Gasteiger partial charge in [0.25, 0.3) is 0 Å². The van der Waals surface area contributed by atoms with Crippen LogP contribution in [0.5, 0.6) is 23.0 Å². The van der Waals surface area contributed by atoms with Gasteiger partial charge in [-0.1, -0.05) is 24.3 Å². The molecule has 0 heterocycles. The third-order valence-electron chi connectivity index (χ3n) is 2.61. The van der Waals surface area contributed by atoms with Crippen LogP contribution in [0.2, 0.25) is 0 Å². The Kier molecular flexibility index (Phi) is 5.12. The van der Waals surface area contributed by atoms with Crippen molar-refractivity contribution < 1.29 is 19.3 Å². The second-order valence-corrected chi connectivity index (χ2v) is 4.04. The number of hydrogen-bond donors (Lipinski definition) is 1. The van der Waals surface area contributed by atoms with Crippen LogP contribution in [-0.4, -0.2) is 24.9 Å². The first-order valence-electron chi connectivity index (χ1n) is 6.56. The largest absolute Gasteiger partial charge is 0.504 e. The minimum atomic E-state index is 0.127. The Morgan fingerprint density at radius 3 is 1.85 bits per heavy atom. The highest BCUT2D eigenvalue weighted by molar-refractivity contribution is 5.39. The number of phenols is 1. The smallest absolute Gasteiger partial charge is 0.161 e. The molecule has 0 spiro atoms. The van der Waals surface area contributed by atoms with Crippen LogP contribution in [0, 0.1) is 0 Å². The summed E-state index contributed by atoms with van der Waals surface area (Å²) in [4.78, 5) is 0. The van der Waals surface area contributed by atoms with E-state index in [0.717, 1.165) is 5.75 Å². The van der Waals surface area contributed by atoms with Crippen molar-refractivity contribution in [2.24, 2.45) is 0 Å². The predicted molar refractivity (Wildman–Crippen MR) is 76.7 cm³/mol.